The smallest absolute Gasteiger partial charge is 0.164 e. The predicted octanol–water partition coefficient (Wildman–Crippen LogP) is 11.3. The van der Waals surface area contributed by atoms with Crippen LogP contribution in [0.5, 0.6) is 0 Å². The normalized spacial score (nSPS) is 14.3. The van der Waals surface area contributed by atoms with Crippen LogP contribution >= 0.6 is 11.3 Å². The number of hydrogen-bond acceptors (Lipinski definition) is 6. The highest BCUT2D eigenvalue weighted by Gasteiger charge is 2.19. The third-order valence-corrected chi connectivity index (χ3v) is 10.2. The first kappa shape index (κ1) is 30.0. The van der Waals surface area contributed by atoms with Crippen LogP contribution in [-0.2, 0) is 0 Å². The Bertz CT molecular complexity index is 2500. The van der Waals surface area contributed by atoms with Gasteiger partial charge in [-0.25, -0.2) is 24.9 Å². The number of allylic oxidation sites excluding steroid dienone is 4. The molecule has 5 aromatic carbocycles. The first-order valence-electron chi connectivity index (χ1n) is 16.8. The highest BCUT2D eigenvalue weighted by atomic mass is 32.1. The average Bonchev–Trinajstić information content (AvgIpc) is 3.56. The van der Waals surface area contributed by atoms with E-state index in [1.165, 1.54) is 11.1 Å². The Kier molecular flexibility index (Phi) is 7.63. The van der Waals surface area contributed by atoms with E-state index in [0.29, 0.717) is 29.2 Å². The lowest BCUT2D eigenvalue weighted by Gasteiger charge is -2.13. The van der Waals surface area contributed by atoms with E-state index in [-0.39, 0.29) is 0 Å². The Hall–Kier alpha value is -6.11. The van der Waals surface area contributed by atoms with Crippen molar-refractivity contribution in [3.8, 4) is 56.8 Å². The molecule has 0 aliphatic heterocycles. The van der Waals surface area contributed by atoms with Gasteiger partial charge in [0.15, 0.2) is 23.3 Å². The minimum Gasteiger partial charge on any atom is -0.226 e. The summed E-state index contributed by atoms with van der Waals surface area (Å²) in [4.78, 5) is 25.3. The van der Waals surface area contributed by atoms with Crippen LogP contribution in [0.4, 0.5) is 0 Å². The third kappa shape index (κ3) is 5.70. The number of thiophene rings is 1. The van der Waals surface area contributed by atoms with Crippen LogP contribution in [0.15, 0.2) is 152 Å². The number of benzene rings is 5. The van der Waals surface area contributed by atoms with Gasteiger partial charge >= 0.3 is 0 Å². The maximum absolute atomic E-state index is 5.26. The van der Waals surface area contributed by atoms with Gasteiger partial charge in [0.2, 0.25) is 0 Å². The van der Waals surface area contributed by atoms with E-state index in [4.69, 9.17) is 24.9 Å². The molecule has 0 N–H and O–H groups in total. The molecule has 50 heavy (non-hydrogen) atoms. The van der Waals surface area contributed by atoms with Gasteiger partial charge in [-0.3, -0.25) is 0 Å². The van der Waals surface area contributed by atoms with Gasteiger partial charge in [0.25, 0.3) is 0 Å². The molecule has 0 bridgehead atoms. The molecule has 3 aromatic heterocycles. The molecule has 6 heteroatoms. The molecule has 1 aliphatic carbocycles. The van der Waals surface area contributed by atoms with Gasteiger partial charge in [-0.05, 0) is 41.7 Å². The minimum atomic E-state index is 0.540. The van der Waals surface area contributed by atoms with Crippen LogP contribution in [-0.4, -0.2) is 24.9 Å². The third-order valence-electron chi connectivity index (χ3n) is 9.06. The van der Waals surface area contributed by atoms with Gasteiger partial charge in [0.05, 0.1) is 15.9 Å². The van der Waals surface area contributed by atoms with Crippen LogP contribution < -0.4 is 0 Å². The molecular weight excluding hydrogens is 631 g/mol. The fourth-order valence-corrected chi connectivity index (χ4v) is 7.62. The van der Waals surface area contributed by atoms with Crippen LogP contribution in [0.1, 0.15) is 18.9 Å². The van der Waals surface area contributed by atoms with Gasteiger partial charge in [-0.2, -0.15) is 0 Å². The van der Waals surface area contributed by atoms with Crippen LogP contribution in [0.2, 0.25) is 0 Å². The summed E-state index contributed by atoms with van der Waals surface area (Å²) in [5.41, 5.74) is 9.15. The van der Waals surface area contributed by atoms with Crippen molar-refractivity contribution < 1.29 is 0 Å². The maximum atomic E-state index is 5.26. The second-order valence-corrected chi connectivity index (χ2v) is 13.7. The molecule has 0 spiro atoms. The molecule has 0 saturated heterocycles. The molecule has 1 aliphatic rings. The number of nitrogens with zero attached hydrogens (tertiary/aromatic N) is 5. The topological polar surface area (TPSA) is 64.5 Å². The molecule has 8 aromatic rings. The average molecular weight is 662 g/mol. The molecule has 5 nitrogen and oxygen atoms in total. The Morgan fingerprint density at radius 2 is 1.04 bits per heavy atom. The quantitative estimate of drug-likeness (QED) is 0.177. The maximum Gasteiger partial charge on any atom is 0.164 e. The van der Waals surface area contributed by atoms with E-state index in [9.17, 15) is 0 Å². The summed E-state index contributed by atoms with van der Waals surface area (Å²) < 4.78 is 2.19. The number of fused-ring (bicyclic) bond motifs is 3. The van der Waals surface area contributed by atoms with E-state index >= 15 is 0 Å². The Morgan fingerprint density at radius 1 is 0.520 bits per heavy atom. The molecule has 238 valence electrons. The highest BCUT2D eigenvalue weighted by molar-refractivity contribution is 7.26. The molecule has 1 atom stereocenters. The van der Waals surface area contributed by atoms with Crippen molar-refractivity contribution in [2.24, 2.45) is 5.92 Å². The van der Waals surface area contributed by atoms with E-state index in [0.717, 1.165) is 60.2 Å². The van der Waals surface area contributed by atoms with E-state index in [2.05, 4.69) is 91.9 Å². The zero-order chi connectivity index (χ0) is 33.4. The van der Waals surface area contributed by atoms with Crippen molar-refractivity contribution in [3.05, 3.63) is 157 Å². The Labute approximate surface area is 294 Å². The molecule has 0 radical (unpaired) electrons. The number of rotatable bonds is 6. The second-order valence-electron chi connectivity index (χ2n) is 12.6. The number of aromatic nitrogens is 5. The second kappa shape index (κ2) is 12.7. The summed E-state index contributed by atoms with van der Waals surface area (Å²) in [6.45, 7) is 2.26. The van der Waals surface area contributed by atoms with Crippen molar-refractivity contribution in [3.63, 3.8) is 0 Å². The van der Waals surface area contributed by atoms with Crippen molar-refractivity contribution in [2.75, 3.05) is 0 Å². The van der Waals surface area contributed by atoms with Gasteiger partial charge < -0.3 is 0 Å². The van der Waals surface area contributed by atoms with Crippen molar-refractivity contribution in [1.82, 2.24) is 24.9 Å². The molecule has 0 amide bonds. The van der Waals surface area contributed by atoms with E-state index in [1.807, 2.05) is 66.7 Å². The number of hydrogen-bond donors (Lipinski definition) is 0. The SMILES string of the molecule is CC1C=C(c2ccc(-c3nc(-c4ccccc4)c4sc5ccc(-c6nc(-c7ccccc7)nc(-c7ccccc7)n6)cc5c4n3)cc2)C=CC1. The lowest BCUT2D eigenvalue weighted by atomic mass is 9.93. The summed E-state index contributed by atoms with van der Waals surface area (Å²) in [6.07, 6.45) is 7.91. The van der Waals surface area contributed by atoms with Crippen molar-refractivity contribution in [2.45, 2.75) is 13.3 Å². The van der Waals surface area contributed by atoms with Gasteiger partial charge in [0, 0.05) is 37.9 Å². The summed E-state index contributed by atoms with van der Waals surface area (Å²) >= 11 is 1.72. The van der Waals surface area contributed by atoms with Crippen molar-refractivity contribution >= 4 is 37.2 Å². The van der Waals surface area contributed by atoms with Gasteiger partial charge in [-0.15, -0.1) is 11.3 Å². The summed E-state index contributed by atoms with van der Waals surface area (Å²) in [5.74, 6) is 3.13. The van der Waals surface area contributed by atoms with Gasteiger partial charge in [0.1, 0.15) is 0 Å². The molecule has 3 heterocycles. The lowest BCUT2D eigenvalue weighted by Crippen LogP contribution is -2.00. The molecule has 1 unspecified atom stereocenters. The van der Waals surface area contributed by atoms with Gasteiger partial charge in [-0.1, -0.05) is 140 Å². The van der Waals surface area contributed by atoms with E-state index in [1.54, 1.807) is 11.3 Å². The summed E-state index contributed by atoms with van der Waals surface area (Å²) in [6, 6.07) is 45.6. The Balaban J connectivity index is 1.21. The van der Waals surface area contributed by atoms with E-state index < -0.39 is 0 Å². The minimum absolute atomic E-state index is 0.540. The predicted molar refractivity (Wildman–Crippen MR) is 206 cm³/mol. The summed E-state index contributed by atoms with van der Waals surface area (Å²) in [7, 11) is 0. The standard InChI is InChI=1S/C44H31N5S/c1-28-12-11-19-34(26-28)29-20-22-33(23-21-29)41-45-38(30-13-5-2-6-14-30)40-39(46-41)36-27-35(24-25-37(36)50-40)44-48-42(31-15-7-3-8-16-31)47-43(49-44)32-17-9-4-10-18-32/h2-11,13-28H,12H2,1H3. The largest absolute Gasteiger partial charge is 0.226 e. The first-order chi connectivity index (χ1) is 24.7. The zero-order valence-electron chi connectivity index (χ0n) is 27.4. The molecule has 9 rings (SSSR count). The Morgan fingerprint density at radius 3 is 1.66 bits per heavy atom. The molecular formula is C44H31N5S. The van der Waals surface area contributed by atoms with Crippen LogP contribution in [0.3, 0.4) is 0 Å². The van der Waals surface area contributed by atoms with Crippen LogP contribution in [0, 0.1) is 5.92 Å². The van der Waals surface area contributed by atoms with Crippen molar-refractivity contribution in [1.29, 1.82) is 0 Å². The zero-order valence-corrected chi connectivity index (χ0v) is 28.2. The fraction of sp³-hybridized carbons (Fsp3) is 0.0682. The molecule has 0 saturated carbocycles. The fourth-order valence-electron chi connectivity index (χ4n) is 6.49. The lowest BCUT2D eigenvalue weighted by molar-refractivity contribution is 0.740. The summed E-state index contributed by atoms with van der Waals surface area (Å²) in [5, 5.41) is 1.05. The first-order valence-corrected chi connectivity index (χ1v) is 17.6. The highest BCUT2D eigenvalue weighted by Crippen LogP contribution is 2.41. The van der Waals surface area contributed by atoms with Crippen LogP contribution in [0.25, 0.3) is 82.7 Å². The molecule has 0 fully saturated rings. The monoisotopic (exact) mass is 661 g/mol.